The van der Waals surface area contributed by atoms with Gasteiger partial charge in [0.25, 0.3) is 0 Å². The number of aryl methyl sites for hydroxylation is 3. The molecule has 0 fully saturated rings. The third-order valence-corrected chi connectivity index (χ3v) is 4.05. The van der Waals surface area contributed by atoms with Crippen molar-refractivity contribution in [3.63, 3.8) is 0 Å². The molecule has 0 radical (unpaired) electrons. The number of methoxy groups -OCH3 is 1. The zero-order valence-electron chi connectivity index (χ0n) is 14.6. The lowest BCUT2D eigenvalue weighted by Crippen LogP contribution is -2.20. The van der Waals surface area contributed by atoms with Crippen molar-refractivity contribution in [2.75, 3.05) is 12.4 Å². The quantitative estimate of drug-likeness (QED) is 0.859. The average molecular weight is 316 g/mol. The van der Waals surface area contributed by atoms with Crippen LogP contribution in [-0.4, -0.2) is 33.9 Å². The van der Waals surface area contributed by atoms with Gasteiger partial charge in [0.1, 0.15) is 5.82 Å². The lowest BCUT2D eigenvalue weighted by molar-refractivity contribution is 0.0599. The summed E-state index contributed by atoms with van der Waals surface area (Å²) in [6.07, 6.45) is 0.866. The predicted molar refractivity (Wildman–Crippen MR) is 89.8 cm³/mol. The molecular formula is C17H24N4O2. The summed E-state index contributed by atoms with van der Waals surface area (Å²) in [6.45, 7) is 8.02. The van der Waals surface area contributed by atoms with Crippen molar-refractivity contribution in [2.45, 2.75) is 40.2 Å². The van der Waals surface area contributed by atoms with Crippen molar-refractivity contribution < 1.29 is 9.53 Å². The molecule has 23 heavy (non-hydrogen) atoms. The maximum atomic E-state index is 11.6. The van der Waals surface area contributed by atoms with Crippen LogP contribution in [0.5, 0.6) is 0 Å². The summed E-state index contributed by atoms with van der Waals surface area (Å²) in [5.41, 5.74) is 4.65. The standard InChI is InChI=1S/C17H24N4O2/c1-10(9-15-12(3)20-21(5)13(15)4)18-16-8-7-14(11(2)19-16)17(22)23-6/h7-8,10H,9H2,1-6H3,(H,18,19)/t10-/m1/s1. The van der Waals surface area contributed by atoms with Crippen LogP contribution < -0.4 is 5.32 Å². The van der Waals surface area contributed by atoms with Crippen molar-refractivity contribution in [2.24, 2.45) is 7.05 Å². The van der Waals surface area contributed by atoms with E-state index in [0.29, 0.717) is 11.3 Å². The molecule has 0 aromatic carbocycles. The molecule has 0 amide bonds. The van der Waals surface area contributed by atoms with Crippen LogP contribution in [0.15, 0.2) is 12.1 Å². The highest BCUT2D eigenvalue weighted by molar-refractivity contribution is 5.90. The van der Waals surface area contributed by atoms with Gasteiger partial charge in [-0.15, -0.1) is 0 Å². The summed E-state index contributed by atoms with van der Waals surface area (Å²) >= 11 is 0. The lowest BCUT2D eigenvalue weighted by Gasteiger charge is -2.16. The number of hydrogen-bond acceptors (Lipinski definition) is 5. The summed E-state index contributed by atoms with van der Waals surface area (Å²) in [5, 5.41) is 7.83. The fourth-order valence-electron chi connectivity index (χ4n) is 2.69. The first-order chi connectivity index (χ1) is 10.8. The Balaban J connectivity index is 2.10. The van der Waals surface area contributed by atoms with Gasteiger partial charge in [-0.3, -0.25) is 4.68 Å². The van der Waals surface area contributed by atoms with Crippen LogP contribution in [0.4, 0.5) is 5.82 Å². The lowest BCUT2D eigenvalue weighted by atomic mass is 10.1. The average Bonchev–Trinajstić information content (AvgIpc) is 2.73. The number of nitrogens with zero attached hydrogens (tertiary/aromatic N) is 3. The van der Waals surface area contributed by atoms with Crippen LogP contribution in [0.1, 0.15) is 39.9 Å². The Morgan fingerprint density at radius 3 is 2.52 bits per heavy atom. The number of hydrogen-bond donors (Lipinski definition) is 1. The van der Waals surface area contributed by atoms with Gasteiger partial charge in [-0.25, -0.2) is 9.78 Å². The van der Waals surface area contributed by atoms with Gasteiger partial charge in [0.05, 0.1) is 24.1 Å². The first kappa shape index (κ1) is 17.0. The van der Waals surface area contributed by atoms with E-state index < -0.39 is 0 Å². The second-order valence-electron chi connectivity index (χ2n) is 5.84. The van der Waals surface area contributed by atoms with Gasteiger partial charge in [-0.1, -0.05) is 0 Å². The van der Waals surface area contributed by atoms with E-state index in [1.54, 1.807) is 19.1 Å². The van der Waals surface area contributed by atoms with Crippen LogP contribution in [0.3, 0.4) is 0 Å². The molecule has 6 heteroatoms. The van der Waals surface area contributed by atoms with E-state index in [1.807, 2.05) is 18.7 Å². The van der Waals surface area contributed by atoms with E-state index in [1.165, 1.54) is 18.4 Å². The molecular weight excluding hydrogens is 292 g/mol. The third kappa shape index (κ3) is 3.70. The minimum Gasteiger partial charge on any atom is -0.465 e. The minimum absolute atomic E-state index is 0.201. The summed E-state index contributed by atoms with van der Waals surface area (Å²) in [4.78, 5) is 16.0. The van der Waals surface area contributed by atoms with Crippen molar-refractivity contribution in [3.05, 3.63) is 40.3 Å². The van der Waals surface area contributed by atoms with Crippen molar-refractivity contribution in [1.29, 1.82) is 0 Å². The summed E-state index contributed by atoms with van der Waals surface area (Å²) in [6, 6.07) is 3.75. The molecule has 0 saturated heterocycles. The van der Waals surface area contributed by atoms with Gasteiger partial charge in [0, 0.05) is 18.8 Å². The number of nitrogens with one attached hydrogen (secondary N) is 1. The molecule has 0 saturated carbocycles. The maximum Gasteiger partial charge on any atom is 0.339 e. The number of carbonyl (C=O) groups excluding carboxylic acids is 1. The Kier molecular flexibility index (Phi) is 5.03. The second kappa shape index (κ2) is 6.81. The molecule has 0 spiro atoms. The van der Waals surface area contributed by atoms with Gasteiger partial charge in [0.2, 0.25) is 0 Å². The largest absolute Gasteiger partial charge is 0.465 e. The Bertz CT molecular complexity index is 722. The zero-order chi connectivity index (χ0) is 17.1. The Labute approximate surface area is 136 Å². The Morgan fingerprint density at radius 1 is 1.30 bits per heavy atom. The number of esters is 1. The van der Waals surface area contributed by atoms with Crippen molar-refractivity contribution in [3.8, 4) is 0 Å². The van der Waals surface area contributed by atoms with Crippen molar-refractivity contribution in [1.82, 2.24) is 14.8 Å². The van der Waals surface area contributed by atoms with E-state index in [-0.39, 0.29) is 12.0 Å². The smallest absolute Gasteiger partial charge is 0.339 e. The number of carbonyl (C=O) groups is 1. The first-order valence-electron chi connectivity index (χ1n) is 7.65. The number of anilines is 1. The summed E-state index contributed by atoms with van der Waals surface area (Å²) in [7, 11) is 3.33. The predicted octanol–water partition coefficient (Wildman–Crippen LogP) is 2.57. The minimum atomic E-state index is -0.365. The van der Waals surface area contributed by atoms with Gasteiger partial charge < -0.3 is 10.1 Å². The summed E-state index contributed by atoms with van der Waals surface area (Å²) < 4.78 is 6.64. The van der Waals surface area contributed by atoms with Crippen LogP contribution in [0.25, 0.3) is 0 Å². The molecule has 0 bridgehead atoms. The first-order valence-corrected chi connectivity index (χ1v) is 7.65. The highest BCUT2D eigenvalue weighted by Gasteiger charge is 2.15. The third-order valence-electron chi connectivity index (χ3n) is 4.05. The topological polar surface area (TPSA) is 69.0 Å². The molecule has 2 rings (SSSR count). The van der Waals surface area contributed by atoms with Gasteiger partial charge in [-0.05, 0) is 51.8 Å². The molecule has 0 unspecified atom stereocenters. The molecule has 124 valence electrons. The van der Waals surface area contributed by atoms with E-state index in [0.717, 1.165) is 17.9 Å². The molecule has 1 N–H and O–H groups in total. The van der Waals surface area contributed by atoms with Gasteiger partial charge in [0.15, 0.2) is 0 Å². The van der Waals surface area contributed by atoms with E-state index in [4.69, 9.17) is 4.74 Å². The molecule has 2 aromatic heterocycles. The molecule has 6 nitrogen and oxygen atoms in total. The van der Waals surface area contributed by atoms with E-state index in [2.05, 4.69) is 29.2 Å². The molecule has 0 aliphatic heterocycles. The monoisotopic (exact) mass is 316 g/mol. The second-order valence-corrected chi connectivity index (χ2v) is 5.84. The molecule has 2 aromatic rings. The van der Waals surface area contributed by atoms with Crippen LogP contribution in [0, 0.1) is 20.8 Å². The summed E-state index contributed by atoms with van der Waals surface area (Å²) in [5.74, 6) is 0.387. The molecule has 2 heterocycles. The SMILES string of the molecule is COC(=O)c1ccc(N[C@H](C)Cc2c(C)nn(C)c2C)nc1C. The molecule has 0 aliphatic rings. The number of rotatable bonds is 5. The van der Waals surface area contributed by atoms with E-state index >= 15 is 0 Å². The fraction of sp³-hybridized carbons (Fsp3) is 0.471. The highest BCUT2D eigenvalue weighted by atomic mass is 16.5. The van der Waals surface area contributed by atoms with Gasteiger partial charge in [-0.2, -0.15) is 5.10 Å². The van der Waals surface area contributed by atoms with Crippen LogP contribution >= 0.6 is 0 Å². The molecule has 1 atom stereocenters. The van der Waals surface area contributed by atoms with Crippen LogP contribution in [-0.2, 0) is 18.2 Å². The number of pyridine rings is 1. The number of aromatic nitrogens is 3. The van der Waals surface area contributed by atoms with Gasteiger partial charge >= 0.3 is 5.97 Å². The fourth-order valence-corrected chi connectivity index (χ4v) is 2.69. The highest BCUT2D eigenvalue weighted by Crippen LogP contribution is 2.17. The van der Waals surface area contributed by atoms with Crippen molar-refractivity contribution >= 4 is 11.8 Å². The zero-order valence-corrected chi connectivity index (χ0v) is 14.6. The number of ether oxygens (including phenoxy) is 1. The Hall–Kier alpha value is -2.37. The van der Waals surface area contributed by atoms with E-state index in [9.17, 15) is 4.79 Å². The van der Waals surface area contributed by atoms with Crippen LogP contribution in [0.2, 0.25) is 0 Å². The maximum absolute atomic E-state index is 11.6. The Morgan fingerprint density at radius 2 is 2.00 bits per heavy atom. The normalized spacial score (nSPS) is 12.1. The molecule has 0 aliphatic carbocycles.